The Bertz CT molecular complexity index is 560. The van der Waals surface area contributed by atoms with Crippen molar-refractivity contribution in [2.75, 3.05) is 7.11 Å². The normalized spacial score (nSPS) is 10.4. The highest BCUT2D eigenvalue weighted by atomic mass is 35.5. The maximum atomic E-state index is 14.0. The standard InChI is InChI=1S/C12H8Cl2FNO/c1-17-12-11(15)8(5-6-16-12)7-3-2-4-9(13)10(7)14/h2-6H,1H3. The van der Waals surface area contributed by atoms with E-state index in [0.717, 1.165) is 0 Å². The molecule has 0 unspecified atom stereocenters. The molecule has 0 amide bonds. The SMILES string of the molecule is COc1nccc(-c2cccc(Cl)c2Cl)c1F. The number of hydrogen-bond acceptors (Lipinski definition) is 2. The highest BCUT2D eigenvalue weighted by Crippen LogP contribution is 2.36. The average Bonchev–Trinajstić information content (AvgIpc) is 2.33. The third-order valence-corrected chi connectivity index (χ3v) is 3.11. The van der Waals surface area contributed by atoms with E-state index in [4.69, 9.17) is 27.9 Å². The van der Waals surface area contributed by atoms with E-state index in [1.54, 1.807) is 18.2 Å². The summed E-state index contributed by atoms with van der Waals surface area (Å²) in [6, 6.07) is 6.56. The molecule has 0 aliphatic carbocycles. The Morgan fingerprint density at radius 1 is 1.18 bits per heavy atom. The summed E-state index contributed by atoms with van der Waals surface area (Å²) in [5.41, 5.74) is 0.821. The van der Waals surface area contributed by atoms with Crippen molar-refractivity contribution in [3.8, 4) is 17.0 Å². The monoisotopic (exact) mass is 271 g/mol. The Balaban J connectivity index is 2.65. The highest BCUT2D eigenvalue weighted by molar-refractivity contribution is 6.43. The van der Waals surface area contributed by atoms with Gasteiger partial charge in [0.25, 0.3) is 5.88 Å². The maximum Gasteiger partial charge on any atom is 0.250 e. The molecule has 0 spiro atoms. The molecule has 0 radical (unpaired) electrons. The molecule has 17 heavy (non-hydrogen) atoms. The number of pyridine rings is 1. The second kappa shape index (κ2) is 4.90. The number of methoxy groups -OCH3 is 1. The highest BCUT2D eigenvalue weighted by Gasteiger charge is 2.15. The minimum Gasteiger partial charge on any atom is -0.479 e. The molecule has 0 N–H and O–H groups in total. The molecule has 5 heteroatoms. The molecule has 0 aliphatic rings. The van der Waals surface area contributed by atoms with E-state index in [9.17, 15) is 4.39 Å². The number of aromatic nitrogens is 1. The molecule has 0 atom stereocenters. The molecule has 0 bridgehead atoms. The summed E-state index contributed by atoms with van der Waals surface area (Å²) in [4.78, 5) is 3.76. The fourth-order valence-corrected chi connectivity index (χ4v) is 1.89. The number of nitrogens with zero attached hydrogens (tertiary/aromatic N) is 1. The molecule has 0 saturated carbocycles. The Kier molecular flexibility index (Phi) is 3.50. The minimum absolute atomic E-state index is 0.0708. The minimum atomic E-state index is -0.556. The first-order chi connectivity index (χ1) is 8.15. The topological polar surface area (TPSA) is 22.1 Å². The summed E-state index contributed by atoms with van der Waals surface area (Å²) in [5, 5.41) is 0.681. The van der Waals surface area contributed by atoms with Crippen LogP contribution in [0.15, 0.2) is 30.5 Å². The van der Waals surface area contributed by atoms with Gasteiger partial charge in [0.15, 0.2) is 5.82 Å². The van der Waals surface area contributed by atoms with Gasteiger partial charge >= 0.3 is 0 Å². The molecule has 0 saturated heterocycles. The van der Waals surface area contributed by atoms with Gasteiger partial charge in [0.05, 0.1) is 17.2 Å². The van der Waals surface area contributed by atoms with Crippen molar-refractivity contribution in [2.24, 2.45) is 0 Å². The van der Waals surface area contributed by atoms with E-state index in [-0.39, 0.29) is 5.88 Å². The second-order valence-electron chi connectivity index (χ2n) is 3.28. The smallest absolute Gasteiger partial charge is 0.250 e. The van der Waals surface area contributed by atoms with E-state index in [1.807, 2.05) is 0 Å². The summed E-state index contributed by atoms with van der Waals surface area (Å²) < 4.78 is 18.8. The van der Waals surface area contributed by atoms with Gasteiger partial charge in [-0.15, -0.1) is 0 Å². The third kappa shape index (κ3) is 2.21. The lowest BCUT2D eigenvalue weighted by Crippen LogP contribution is -1.94. The van der Waals surface area contributed by atoms with Crippen molar-refractivity contribution in [1.82, 2.24) is 4.98 Å². The van der Waals surface area contributed by atoms with Gasteiger partial charge in [0, 0.05) is 17.3 Å². The first-order valence-electron chi connectivity index (χ1n) is 4.78. The van der Waals surface area contributed by atoms with Crippen molar-refractivity contribution >= 4 is 23.2 Å². The Labute approximate surface area is 108 Å². The number of halogens is 3. The molecular weight excluding hydrogens is 264 g/mol. The van der Waals surface area contributed by atoms with Crippen molar-refractivity contribution in [3.05, 3.63) is 46.3 Å². The molecule has 1 aromatic carbocycles. The Morgan fingerprint density at radius 3 is 2.65 bits per heavy atom. The second-order valence-corrected chi connectivity index (χ2v) is 4.07. The van der Waals surface area contributed by atoms with Crippen LogP contribution in [0.25, 0.3) is 11.1 Å². The van der Waals surface area contributed by atoms with Gasteiger partial charge in [-0.1, -0.05) is 35.3 Å². The van der Waals surface area contributed by atoms with E-state index in [1.165, 1.54) is 19.4 Å². The van der Waals surface area contributed by atoms with Crippen LogP contribution in [-0.2, 0) is 0 Å². The van der Waals surface area contributed by atoms with E-state index >= 15 is 0 Å². The lowest BCUT2D eigenvalue weighted by Gasteiger charge is -2.08. The van der Waals surface area contributed by atoms with E-state index in [2.05, 4.69) is 4.98 Å². The Hall–Kier alpha value is -1.32. The van der Waals surface area contributed by atoms with Crippen LogP contribution in [0, 0.1) is 5.82 Å². The number of ether oxygens (including phenoxy) is 1. The lowest BCUT2D eigenvalue weighted by molar-refractivity contribution is 0.370. The maximum absolute atomic E-state index is 14.0. The zero-order chi connectivity index (χ0) is 12.4. The Morgan fingerprint density at radius 2 is 1.94 bits per heavy atom. The largest absolute Gasteiger partial charge is 0.479 e. The zero-order valence-corrected chi connectivity index (χ0v) is 10.4. The summed E-state index contributed by atoms with van der Waals surface area (Å²) >= 11 is 11.9. The van der Waals surface area contributed by atoms with Crippen LogP contribution in [-0.4, -0.2) is 12.1 Å². The molecule has 1 heterocycles. The number of rotatable bonds is 2. The predicted molar refractivity (Wildman–Crippen MR) is 66.2 cm³/mol. The van der Waals surface area contributed by atoms with Crippen LogP contribution >= 0.6 is 23.2 Å². The first kappa shape index (κ1) is 12.1. The van der Waals surface area contributed by atoms with Gasteiger partial charge in [-0.3, -0.25) is 0 Å². The van der Waals surface area contributed by atoms with Crippen molar-refractivity contribution in [1.29, 1.82) is 0 Å². The fraction of sp³-hybridized carbons (Fsp3) is 0.0833. The molecule has 2 nitrogen and oxygen atoms in total. The first-order valence-corrected chi connectivity index (χ1v) is 5.53. The van der Waals surface area contributed by atoms with Gasteiger partial charge in [-0.05, 0) is 12.1 Å². The van der Waals surface area contributed by atoms with Crippen molar-refractivity contribution in [2.45, 2.75) is 0 Å². The molecule has 2 aromatic rings. The molecule has 1 aromatic heterocycles. The van der Waals surface area contributed by atoms with Gasteiger partial charge in [0.1, 0.15) is 0 Å². The van der Waals surface area contributed by atoms with Gasteiger partial charge in [-0.2, -0.15) is 0 Å². The number of benzene rings is 1. The van der Waals surface area contributed by atoms with Crippen LogP contribution in [0.1, 0.15) is 0 Å². The summed E-state index contributed by atoms with van der Waals surface area (Å²) in [6.07, 6.45) is 1.45. The number of hydrogen-bond donors (Lipinski definition) is 0. The molecule has 2 rings (SSSR count). The third-order valence-electron chi connectivity index (χ3n) is 2.29. The quantitative estimate of drug-likeness (QED) is 0.817. The van der Waals surface area contributed by atoms with Crippen molar-refractivity contribution in [3.63, 3.8) is 0 Å². The molecular formula is C12H8Cl2FNO. The van der Waals surface area contributed by atoms with Crippen LogP contribution in [0.2, 0.25) is 10.0 Å². The van der Waals surface area contributed by atoms with Gasteiger partial charge in [0.2, 0.25) is 0 Å². The van der Waals surface area contributed by atoms with Crippen LogP contribution < -0.4 is 4.74 Å². The average molecular weight is 272 g/mol. The molecule has 88 valence electrons. The summed E-state index contributed by atoms with van der Waals surface area (Å²) in [6.45, 7) is 0. The van der Waals surface area contributed by atoms with Gasteiger partial charge in [-0.25, -0.2) is 9.37 Å². The summed E-state index contributed by atoms with van der Waals surface area (Å²) in [7, 11) is 1.36. The predicted octanol–water partition coefficient (Wildman–Crippen LogP) is 4.20. The van der Waals surface area contributed by atoms with Crippen LogP contribution in [0.3, 0.4) is 0 Å². The van der Waals surface area contributed by atoms with E-state index in [0.29, 0.717) is 21.2 Å². The fourth-order valence-electron chi connectivity index (χ4n) is 1.49. The summed E-state index contributed by atoms with van der Waals surface area (Å²) in [5.74, 6) is -0.627. The van der Waals surface area contributed by atoms with Gasteiger partial charge < -0.3 is 4.74 Å². The zero-order valence-electron chi connectivity index (χ0n) is 8.88. The lowest BCUT2D eigenvalue weighted by atomic mass is 10.1. The molecule has 0 fully saturated rings. The van der Waals surface area contributed by atoms with E-state index < -0.39 is 5.82 Å². The van der Waals surface area contributed by atoms with Crippen molar-refractivity contribution < 1.29 is 9.13 Å². The van der Waals surface area contributed by atoms with Crippen LogP contribution in [0.5, 0.6) is 5.88 Å². The molecule has 0 aliphatic heterocycles. The van der Waals surface area contributed by atoms with Crippen LogP contribution in [0.4, 0.5) is 4.39 Å².